The number of para-hydroxylation sites is 2. The average Bonchev–Trinajstić information content (AvgIpc) is 3.03. The summed E-state index contributed by atoms with van der Waals surface area (Å²) in [4.78, 5) is 22.1. The largest absolute Gasteiger partial charge is 0.493 e. The molecular weight excluding hydrogens is 512 g/mol. The van der Waals surface area contributed by atoms with Crippen molar-refractivity contribution in [3.05, 3.63) is 84.4 Å². The second kappa shape index (κ2) is 14.9. The van der Waals surface area contributed by atoms with Crippen LogP contribution in [0.25, 0.3) is 0 Å². The quantitative estimate of drug-likeness (QED) is 0.215. The number of rotatable bonds is 13. The molecule has 0 amide bonds. The first-order valence-electron chi connectivity index (χ1n) is 15.1. The van der Waals surface area contributed by atoms with E-state index >= 15 is 0 Å². The Kier molecular flexibility index (Phi) is 10.5. The Morgan fingerprint density at radius 1 is 0.634 bits per heavy atom. The molecule has 0 aromatic heterocycles. The van der Waals surface area contributed by atoms with Crippen LogP contribution in [0.2, 0.25) is 0 Å². The van der Waals surface area contributed by atoms with Crippen molar-refractivity contribution in [2.45, 2.75) is 19.8 Å². The Morgan fingerprint density at radius 3 is 1.61 bits per heavy atom. The van der Waals surface area contributed by atoms with Gasteiger partial charge < -0.3 is 19.3 Å². The number of ketones is 1. The predicted molar refractivity (Wildman–Crippen MR) is 167 cm³/mol. The minimum Gasteiger partial charge on any atom is -0.493 e. The van der Waals surface area contributed by atoms with E-state index in [4.69, 9.17) is 9.47 Å². The van der Waals surface area contributed by atoms with Gasteiger partial charge in [0.2, 0.25) is 0 Å². The van der Waals surface area contributed by atoms with E-state index in [9.17, 15) is 4.79 Å². The van der Waals surface area contributed by atoms with Crippen LogP contribution in [0.1, 0.15) is 30.1 Å². The molecule has 7 heteroatoms. The lowest BCUT2D eigenvalue weighted by molar-refractivity contribution is 0.101. The summed E-state index contributed by atoms with van der Waals surface area (Å²) in [6, 6.07) is 26.9. The third kappa shape index (κ3) is 8.47. The summed E-state index contributed by atoms with van der Waals surface area (Å²) < 4.78 is 12.2. The van der Waals surface area contributed by atoms with Crippen LogP contribution in [-0.4, -0.2) is 94.2 Å². The first-order valence-corrected chi connectivity index (χ1v) is 15.1. The van der Waals surface area contributed by atoms with Crippen molar-refractivity contribution in [3.8, 4) is 11.5 Å². The van der Waals surface area contributed by atoms with Crippen molar-refractivity contribution in [2.24, 2.45) is 0 Å². The van der Waals surface area contributed by atoms with E-state index < -0.39 is 0 Å². The average molecular weight is 557 g/mol. The lowest BCUT2D eigenvalue weighted by Gasteiger charge is -2.36. The molecule has 0 spiro atoms. The lowest BCUT2D eigenvalue weighted by atomic mass is 10.1. The third-order valence-electron chi connectivity index (χ3n) is 8.08. The highest BCUT2D eigenvalue weighted by Crippen LogP contribution is 2.26. The number of piperazine rings is 2. The van der Waals surface area contributed by atoms with E-state index in [2.05, 4.69) is 80.3 Å². The van der Waals surface area contributed by atoms with Crippen LogP contribution in [-0.2, 0) is 0 Å². The minimum absolute atomic E-state index is 0.0122. The van der Waals surface area contributed by atoms with Crippen molar-refractivity contribution >= 4 is 17.2 Å². The molecule has 2 heterocycles. The molecule has 3 aromatic rings. The minimum atomic E-state index is 0.0122. The fourth-order valence-electron chi connectivity index (χ4n) is 5.69. The Balaban J connectivity index is 1.00. The number of ether oxygens (including phenoxy) is 2. The van der Waals surface area contributed by atoms with Gasteiger partial charge >= 0.3 is 0 Å². The van der Waals surface area contributed by atoms with Gasteiger partial charge in [0.05, 0.1) is 18.8 Å². The van der Waals surface area contributed by atoms with Crippen molar-refractivity contribution in [2.75, 3.05) is 88.5 Å². The Hall–Kier alpha value is -3.55. The lowest BCUT2D eigenvalue weighted by Crippen LogP contribution is -2.46. The van der Waals surface area contributed by atoms with Gasteiger partial charge in [-0.1, -0.05) is 36.4 Å². The van der Waals surface area contributed by atoms with Gasteiger partial charge in [-0.25, -0.2) is 0 Å². The number of anilines is 2. The maximum Gasteiger partial charge on any atom is 0.163 e. The molecule has 0 unspecified atom stereocenters. The fourth-order valence-corrected chi connectivity index (χ4v) is 5.69. The van der Waals surface area contributed by atoms with E-state index in [0.717, 1.165) is 84.0 Å². The second-order valence-electron chi connectivity index (χ2n) is 10.9. The zero-order chi connectivity index (χ0) is 28.3. The van der Waals surface area contributed by atoms with Crippen molar-refractivity contribution in [1.29, 1.82) is 0 Å². The predicted octanol–water partition coefficient (Wildman–Crippen LogP) is 5.07. The van der Waals surface area contributed by atoms with E-state index in [1.807, 2.05) is 18.2 Å². The number of benzene rings is 3. The standard InChI is InChI=1S/C34H44N4O3/c1-29(39)33-15-14-32(40-26-8-16-35-18-22-37(23-19-35)30-10-4-2-5-11-30)28-34(33)41-27-9-17-36-20-24-38(25-21-36)31-12-6-3-7-13-31/h2-7,10-15,28H,8-9,16-27H2,1H3. The Bertz CT molecular complexity index is 1210. The van der Waals surface area contributed by atoms with Crippen LogP contribution < -0.4 is 19.3 Å². The molecule has 3 aromatic carbocycles. The molecule has 41 heavy (non-hydrogen) atoms. The monoisotopic (exact) mass is 556 g/mol. The molecule has 2 aliphatic heterocycles. The SMILES string of the molecule is CC(=O)c1ccc(OCCCN2CCN(c3ccccc3)CC2)cc1OCCCN1CCN(c2ccccc2)CC1. The van der Waals surface area contributed by atoms with Crippen LogP contribution in [0.5, 0.6) is 11.5 Å². The second-order valence-corrected chi connectivity index (χ2v) is 10.9. The normalized spacial score (nSPS) is 16.5. The Morgan fingerprint density at radius 2 is 1.12 bits per heavy atom. The summed E-state index contributed by atoms with van der Waals surface area (Å²) in [5.41, 5.74) is 3.23. The van der Waals surface area contributed by atoms with E-state index in [1.165, 1.54) is 11.4 Å². The molecule has 218 valence electrons. The van der Waals surface area contributed by atoms with Gasteiger partial charge in [-0.15, -0.1) is 0 Å². The molecule has 5 rings (SSSR count). The first kappa shape index (κ1) is 29.0. The molecule has 0 aliphatic carbocycles. The van der Waals surface area contributed by atoms with Gasteiger partial charge in [0.1, 0.15) is 11.5 Å². The van der Waals surface area contributed by atoms with E-state index in [-0.39, 0.29) is 5.78 Å². The number of hydrogen-bond acceptors (Lipinski definition) is 7. The molecule has 2 aliphatic rings. The summed E-state index contributed by atoms with van der Waals surface area (Å²) in [7, 11) is 0. The van der Waals surface area contributed by atoms with Crippen LogP contribution in [0.3, 0.4) is 0 Å². The molecule has 0 atom stereocenters. The molecule has 0 radical (unpaired) electrons. The zero-order valence-electron chi connectivity index (χ0n) is 24.4. The Labute approximate surface area is 245 Å². The zero-order valence-corrected chi connectivity index (χ0v) is 24.4. The number of Topliss-reactive ketones (excluding diaryl/α,β-unsaturated/α-hetero) is 1. The molecule has 7 nitrogen and oxygen atoms in total. The molecule has 0 saturated carbocycles. The molecule has 2 fully saturated rings. The molecule has 0 N–H and O–H groups in total. The van der Waals surface area contributed by atoms with Crippen molar-refractivity contribution in [1.82, 2.24) is 9.80 Å². The number of hydrogen-bond donors (Lipinski definition) is 0. The van der Waals surface area contributed by atoms with Crippen LogP contribution in [0.15, 0.2) is 78.9 Å². The first-order chi connectivity index (χ1) is 20.2. The topological polar surface area (TPSA) is 48.5 Å². The highest BCUT2D eigenvalue weighted by molar-refractivity contribution is 5.97. The van der Waals surface area contributed by atoms with Crippen molar-refractivity contribution in [3.63, 3.8) is 0 Å². The van der Waals surface area contributed by atoms with Gasteiger partial charge in [-0.3, -0.25) is 14.6 Å². The molecule has 2 saturated heterocycles. The fraction of sp³-hybridized carbons (Fsp3) is 0.441. The summed E-state index contributed by atoms with van der Waals surface area (Å²) in [5.74, 6) is 1.40. The van der Waals surface area contributed by atoms with Crippen molar-refractivity contribution < 1.29 is 14.3 Å². The van der Waals surface area contributed by atoms with Gasteiger partial charge in [-0.05, 0) is 56.2 Å². The van der Waals surface area contributed by atoms with Gasteiger partial charge in [0.15, 0.2) is 5.78 Å². The number of carbonyl (C=O) groups is 1. The summed E-state index contributed by atoms with van der Waals surface area (Å²) in [5, 5.41) is 0. The highest BCUT2D eigenvalue weighted by atomic mass is 16.5. The summed E-state index contributed by atoms with van der Waals surface area (Å²) in [6.45, 7) is 13.3. The van der Waals surface area contributed by atoms with Crippen LogP contribution >= 0.6 is 0 Å². The van der Waals surface area contributed by atoms with Gasteiger partial charge in [0, 0.05) is 82.9 Å². The van der Waals surface area contributed by atoms with Gasteiger partial charge in [-0.2, -0.15) is 0 Å². The maximum absolute atomic E-state index is 12.2. The molecule has 0 bridgehead atoms. The van der Waals surface area contributed by atoms with Crippen LogP contribution in [0, 0.1) is 0 Å². The summed E-state index contributed by atoms with van der Waals surface area (Å²) >= 11 is 0. The third-order valence-corrected chi connectivity index (χ3v) is 8.08. The maximum atomic E-state index is 12.2. The van der Waals surface area contributed by atoms with E-state index in [1.54, 1.807) is 6.92 Å². The highest BCUT2D eigenvalue weighted by Gasteiger charge is 2.18. The van der Waals surface area contributed by atoms with Crippen LogP contribution in [0.4, 0.5) is 11.4 Å². The summed E-state index contributed by atoms with van der Waals surface area (Å²) in [6.07, 6.45) is 1.89. The number of nitrogens with zero attached hydrogens (tertiary/aromatic N) is 4. The number of carbonyl (C=O) groups excluding carboxylic acids is 1. The molecular formula is C34H44N4O3. The smallest absolute Gasteiger partial charge is 0.163 e. The van der Waals surface area contributed by atoms with Gasteiger partial charge in [0.25, 0.3) is 0 Å². The van der Waals surface area contributed by atoms with E-state index in [0.29, 0.717) is 24.5 Å².